The van der Waals surface area contributed by atoms with Gasteiger partial charge in [-0.3, -0.25) is 9.48 Å². The number of aromatic nitrogens is 5. The highest BCUT2D eigenvalue weighted by molar-refractivity contribution is 6.35. The van der Waals surface area contributed by atoms with E-state index < -0.39 is 40.9 Å². The van der Waals surface area contributed by atoms with E-state index in [2.05, 4.69) is 20.5 Å². The molecule has 0 aliphatic carbocycles. The fraction of sp³-hybridized carbons (Fsp3) is 0.154. The highest BCUT2D eigenvalue weighted by Gasteiger charge is 2.60. The highest BCUT2D eigenvalue weighted by atomic mass is 35.5. The van der Waals surface area contributed by atoms with Crippen molar-refractivity contribution in [2.24, 2.45) is 0 Å². The van der Waals surface area contributed by atoms with Gasteiger partial charge in [-0.1, -0.05) is 29.3 Å². The SMILES string of the molecule is Cc1cc(NC(=O)c2cc3nc(-c4ccc(F)cc4)cc(C(F)(F)C(F)(F)F)n3n2)nn1Cc1ccc(Cl)cc1Cl. The Bertz CT molecular complexity index is 1780. The molecule has 41 heavy (non-hydrogen) atoms. The number of halogens is 8. The normalized spacial score (nSPS) is 12.2. The van der Waals surface area contributed by atoms with E-state index in [-0.39, 0.29) is 28.1 Å². The summed E-state index contributed by atoms with van der Waals surface area (Å²) in [5, 5.41) is 11.3. The van der Waals surface area contributed by atoms with Crippen LogP contribution in [0, 0.1) is 12.7 Å². The maximum atomic E-state index is 14.6. The summed E-state index contributed by atoms with van der Waals surface area (Å²) >= 11 is 12.1. The van der Waals surface area contributed by atoms with Gasteiger partial charge in [0.1, 0.15) is 11.5 Å². The average molecular weight is 613 g/mol. The molecule has 0 radical (unpaired) electrons. The summed E-state index contributed by atoms with van der Waals surface area (Å²) < 4.78 is 84.4. The van der Waals surface area contributed by atoms with Crippen molar-refractivity contribution in [2.45, 2.75) is 25.6 Å². The number of amides is 1. The van der Waals surface area contributed by atoms with Crippen molar-refractivity contribution < 1.29 is 31.1 Å². The lowest BCUT2D eigenvalue weighted by Gasteiger charge is -2.21. The van der Waals surface area contributed by atoms with Crippen molar-refractivity contribution in [3.63, 3.8) is 0 Å². The highest BCUT2D eigenvalue weighted by Crippen LogP contribution is 2.44. The second-order valence-electron chi connectivity index (χ2n) is 8.92. The average Bonchev–Trinajstić information content (AvgIpc) is 3.47. The molecular formula is C26H16Cl2F6N6O. The third-order valence-corrected chi connectivity index (χ3v) is 6.62. The van der Waals surface area contributed by atoms with Crippen LogP contribution in [0.15, 0.2) is 60.7 Å². The number of carbonyl (C=O) groups excluding carboxylic acids is 1. The molecule has 2 aromatic carbocycles. The molecule has 3 aromatic heterocycles. The van der Waals surface area contributed by atoms with E-state index in [9.17, 15) is 31.1 Å². The Balaban J connectivity index is 1.49. The summed E-state index contributed by atoms with van der Waals surface area (Å²) in [6, 6.07) is 12.2. The Morgan fingerprint density at radius 1 is 0.951 bits per heavy atom. The predicted octanol–water partition coefficient (Wildman–Crippen LogP) is 7.30. The van der Waals surface area contributed by atoms with E-state index in [1.165, 1.54) is 22.9 Å². The third-order valence-electron chi connectivity index (χ3n) is 6.04. The first-order valence-electron chi connectivity index (χ1n) is 11.6. The molecule has 0 bridgehead atoms. The minimum Gasteiger partial charge on any atom is -0.304 e. The molecule has 0 fully saturated rings. The first-order chi connectivity index (χ1) is 19.2. The summed E-state index contributed by atoms with van der Waals surface area (Å²) in [6.45, 7) is 1.95. The Kier molecular flexibility index (Phi) is 7.20. The number of fused-ring (bicyclic) bond motifs is 1. The van der Waals surface area contributed by atoms with Crippen LogP contribution in [0.4, 0.5) is 32.2 Å². The molecule has 0 saturated heterocycles. The standard InChI is InChI=1S/C26H16Cl2F6N6O/c1-13-8-22(38-39(13)12-15-2-5-16(27)9-18(15)28)36-24(41)20-11-23-35-19(14-3-6-17(29)7-4-14)10-21(40(23)37-20)25(30,31)26(32,33)34/h2-11H,12H2,1H3,(H,36,38,41). The number of hydrogen-bond donors (Lipinski definition) is 1. The molecular weight excluding hydrogens is 597 g/mol. The quantitative estimate of drug-likeness (QED) is 0.204. The second kappa shape index (κ2) is 10.4. The van der Waals surface area contributed by atoms with Gasteiger partial charge in [0.25, 0.3) is 5.91 Å². The molecule has 15 heteroatoms. The molecule has 1 N–H and O–H groups in total. The minimum absolute atomic E-state index is 0.0652. The van der Waals surface area contributed by atoms with E-state index in [0.29, 0.717) is 27.4 Å². The van der Waals surface area contributed by atoms with Crippen molar-refractivity contribution in [3.8, 4) is 11.3 Å². The molecule has 0 atom stereocenters. The lowest BCUT2D eigenvalue weighted by molar-refractivity contribution is -0.291. The molecule has 5 aromatic rings. The van der Waals surface area contributed by atoms with E-state index in [4.69, 9.17) is 23.2 Å². The van der Waals surface area contributed by atoms with Gasteiger partial charge in [0, 0.05) is 33.4 Å². The van der Waals surface area contributed by atoms with E-state index in [0.717, 1.165) is 18.2 Å². The number of nitrogens with zero attached hydrogens (tertiary/aromatic N) is 5. The molecule has 5 rings (SSSR count). The molecule has 0 unspecified atom stereocenters. The smallest absolute Gasteiger partial charge is 0.304 e. The third kappa shape index (κ3) is 5.59. The van der Waals surface area contributed by atoms with Gasteiger partial charge in [0.15, 0.2) is 17.2 Å². The van der Waals surface area contributed by atoms with Crippen molar-refractivity contribution >= 4 is 40.6 Å². The summed E-state index contributed by atoms with van der Waals surface area (Å²) in [4.78, 5) is 17.0. The van der Waals surface area contributed by atoms with Crippen molar-refractivity contribution in [3.05, 3.63) is 99.2 Å². The van der Waals surface area contributed by atoms with Crippen molar-refractivity contribution in [1.29, 1.82) is 0 Å². The second-order valence-corrected chi connectivity index (χ2v) is 9.77. The number of hydrogen-bond acceptors (Lipinski definition) is 4. The van der Waals surface area contributed by atoms with Crippen molar-refractivity contribution in [2.75, 3.05) is 5.32 Å². The van der Waals surface area contributed by atoms with Gasteiger partial charge < -0.3 is 5.32 Å². The summed E-state index contributed by atoms with van der Waals surface area (Å²) in [5.74, 6) is -6.88. The fourth-order valence-electron chi connectivity index (χ4n) is 3.95. The maximum Gasteiger partial charge on any atom is 0.459 e. The number of rotatable bonds is 6. The summed E-state index contributed by atoms with van der Waals surface area (Å²) in [5.41, 5.74) is -1.45. The molecule has 0 aliphatic heterocycles. The summed E-state index contributed by atoms with van der Waals surface area (Å²) in [6.07, 6.45) is -5.98. The van der Waals surface area contributed by atoms with Crippen LogP contribution in [-0.4, -0.2) is 36.5 Å². The Labute approximate surface area is 237 Å². The number of aryl methyl sites for hydroxylation is 1. The van der Waals surface area contributed by atoms with Crippen LogP contribution in [0.2, 0.25) is 10.0 Å². The minimum atomic E-state index is -5.98. The van der Waals surface area contributed by atoms with Crippen LogP contribution in [-0.2, 0) is 12.5 Å². The molecule has 0 spiro atoms. The number of benzene rings is 2. The van der Waals surface area contributed by atoms with Crippen LogP contribution < -0.4 is 5.32 Å². The van der Waals surface area contributed by atoms with Crippen LogP contribution in [0.1, 0.15) is 27.4 Å². The van der Waals surface area contributed by atoms with Crippen LogP contribution in [0.3, 0.4) is 0 Å². The van der Waals surface area contributed by atoms with Crippen LogP contribution >= 0.6 is 23.2 Å². The number of nitrogens with one attached hydrogen (secondary N) is 1. The Hall–Kier alpha value is -4.10. The molecule has 0 aliphatic rings. The molecule has 0 saturated carbocycles. The fourth-order valence-corrected chi connectivity index (χ4v) is 4.41. The van der Waals surface area contributed by atoms with E-state index >= 15 is 0 Å². The molecule has 1 amide bonds. The van der Waals surface area contributed by atoms with Gasteiger partial charge in [0.05, 0.1) is 12.2 Å². The van der Waals surface area contributed by atoms with Gasteiger partial charge in [-0.15, -0.1) is 0 Å². The zero-order valence-corrected chi connectivity index (χ0v) is 22.2. The summed E-state index contributed by atoms with van der Waals surface area (Å²) in [7, 11) is 0. The van der Waals surface area contributed by atoms with E-state index in [1.807, 2.05) is 0 Å². The Morgan fingerprint density at radius 2 is 1.66 bits per heavy atom. The van der Waals surface area contributed by atoms with Gasteiger partial charge in [-0.05, 0) is 55.0 Å². The predicted molar refractivity (Wildman–Crippen MR) is 139 cm³/mol. The van der Waals surface area contributed by atoms with Crippen molar-refractivity contribution in [1.82, 2.24) is 24.4 Å². The molecule has 212 valence electrons. The molecule has 7 nitrogen and oxygen atoms in total. The Morgan fingerprint density at radius 3 is 2.32 bits per heavy atom. The zero-order chi connectivity index (χ0) is 29.7. The first kappa shape index (κ1) is 28.4. The lowest BCUT2D eigenvalue weighted by Crippen LogP contribution is -2.36. The van der Waals surface area contributed by atoms with Gasteiger partial charge in [-0.25, -0.2) is 13.9 Å². The number of alkyl halides is 5. The van der Waals surface area contributed by atoms with Crippen LogP contribution in [0.25, 0.3) is 16.9 Å². The first-order valence-corrected chi connectivity index (χ1v) is 12.4. The van der Waals surface area contributed by atoms with Gasteiger partial charge >= 0.3 is 12.1 Å². The zero-order valence-electron chi connectivity index (χ0n) is 20.6. The monoisotopic (exact) mass is 612 g/mol. The van der Waals surface area contributed by atoms with E-state index in [1.54, 1.807) is 25.1 Å². The molecule has 3 heterocycles. The maximum absolute atomic E-state index is 14.6. The van der Waals surface area contributed by atoms with Gasteiger partial charge in [0.2, 0.25) is 0 Å². The lowest BCUT2D eigenvalue weighted by atomic mass is 10.1. The topological polar surface area (TPSA) is 77.1 Å². The number of carbonyl (C=O) groups is 1. The van der Waals surface area contributed by atoms with Crippen LogP contribution in [0.5, 0.6) is 0 Å². The van der Waals surface area contributed by atoms with Gasteiger partial charge in [-0.2, -0.15) is 32.1 Å². The number of anilines is 1. The largest absolute Gasteiger partial charge is 0.459 e.